The summed E-state index contributed by atoms with van der Waals surface area (Å²) < 4.78 is 62.0. The summed E-state index contributed by atoms with van der Waals surface area (Å²) in [7, 11) is -7.99. The number of hydrogen-bond donors (Lipinski definition) is 3. The van der Waals surface area contributed by atoms with Crippen molar-refractivity contribution in [2.24, 2.45) is 5.14 Å². The summed E-state index contributed by atoms with van der Waals surface area (Å²) in [6, 6.07) is 10.1. The van der Waals surface area contributed by atoms with E-state index in [0.717, 1.165) is 6.07 Å². The second kappa shape index (κ2) is 8.57. The van der Waals surface area contributed by atoms with Crippen molar-refractivity contribution in [1.82, 2.24) is 10.0 Å². The van der Waals surface area contributed by atoms with Crippen molar-refractivity contribution in [1.29, 1.82) is 0 Å². The third kappa shape index (κ3) is 6.40. The van der Waals surface area contributed by atoms with Gasteiger partial charge in [0.25, 0.3) is 0 Å². The molecule has 4 N–H and O–H groups in total. The lowest BCUT2D eigenvalue weighted by molar-refractivity contribution is -0.120. The molecule has 0 saturated carbocycles. The van der Waals surface area contributed by atoms with E-state index in [9.17, 15) is 26.0 Å². The molecule has 0 unspecified atom stereocenters. The van der Waals surface area contributed by atoms with Crippen molar-refractivity contribution in [3.63, 3.8) is 0 Å². The molecule has 0 spiro atoms. The van der Waals surface area contributed by atoms with E-state index in [1.54, 1.807) is 0 Å². The minimum Gasteiger partial charge on any atom is -0.355 e. The lowest BCUT2D eigenvalue weighted by Crippen LogP contribution is -2.35. The highest BCUT2D eigenvalue weighted by Crippen LogP contribution is 2.14. The van der Waals surface area contributed by atoms with Crippen LogP contribution in [-0.4, -0.2) is 35.8 Å². The summed E-state index contributed by atoms with van der Waals surface area (Å²) in [6.45, 7) is -0.0781. The molecule has 146 valence electrons. The number of sulfonamides is 2. The zero-order chi connectivity index (χ0) is 20.1. The van der Waals surface area contributed by atoms with Gasteiger partial charge in [-0.05, 0) is 35.9 Å². The van der Waals surface area contributed by atoms with Crippen molar-refractivity contribution >= 4 is 26.0 Å². The van der Waals surface area contributed by atoms with Crippen LogP contribution in [0.5, 0.6) is 0 Å². The number of rotatable bonds is 8. The average Bonchev–Trinajstić information content (AvgIpc) is 2.60. The zero-order valence-corrected chi connectivity index (χ0v) is 15.7. The van der Waals surface area contributed by atoms with Crippen LogP contribution in [0.2, 0.25) is 0 Å². The van der Waals surface area contributed by atoms with E-state index in [-0.39, 0.29) is 35.2 Å². The van der Waals surface area contributed by atoms with Gasteiger partial charge >= 0.3 is 0 Å². The van der Waals surface area contributed by atoms with E-state index >= 15 is 0 Å². The SMILES string of the molecule is NS(=O)(=O)c1cccc(S(=O)(=O)NCCNC(=O)Cc2ccc(F)cc2)c1. The number of hydrogen-bond acceptors (Lipinski definition) is 5. The Morgan fingerprint density at radius 2 is 1.59 bits per heavy atom. The first-order valence-electron chi connectivity index (χ1n) is 7.71. The quantitative estimate of drug-likeness (QED) is 0.526. The molecule has 0 heterocycles. The normalized spacial score (nSPS) is 11.9. The maximum Gasteiger partial charge on any atom is 0.240 e. The van der Waals surface area contributed by atoms with Gasteiger partial charge in [0, 0.05) is 13.1 Å². The first-order valence-corrected chi connectivity index (χ1v) is 10.7. The predicted octanol–water partition coefficient (Wildman–Crippen LogP) is 0.110. The molecule has 0 aliphatic rings. The van der Waals surface area contributed by atoms with Crippen molar-refractivity contribution in [2.75, 3.05) is 13.1 Å². The molecule has 0 saturated heterocycles. The standard InChI is InChI=1S/C16H18FN3O5S2/c17-13-6-4-12(5-7-13)10-16(21)19-8-9-20-27(24,25)15-3-1-2-14(11-15)26(18,22)23/h1-7,11,20H,8-10H2,(H,19,21)(H2,18,22,23). The molecule has 8 nitrogen and oxygen atoms in total. The molecule has 0 radical (unpaired) electrons. The topological polar surface area (TPSA) is 135 Å². The summed E-state index contributed by atoms with van der Waals surface area (Å²) in [5.74, 6) is -0.753. The summed E-state index contributed by atoms with van der Waals surface area (Å²) in [4.78, 5) is 11.2. The van der Waals surface area contributed by atoms with Gasteiger partial charge in [-0.2, -0.15) is 0 Å². The fourth-order valence-corrected chi connectivity index (χ4v) is 3.85. The summed E-state index contributed by atoms with van der Waals surface area (Å²) in [5.41, 5.74) is 0.620. The smallest absolute Gasteiger partial charge is 0.240 e. The van der Waals surface area contributed by atoms with Crippen LogP contribution in [0, 0.1) is 5.82 Å². The number of carbonyl (C=O) groups excluding carboxylic acids is 1. The summed E-state index contributed by atoms with van der Waals surface area (Å²) >= 11 is 0. The molecule has 0 aliphatic carbocycles. The molecular formula is C16H18FN3O5S2. The highest BCUT2D eigenvalue weighted by molar-refractivity contribution is 7.90. The van der Waals surface area contributed by atoms with E-state index < -0.39 is 25.9 Å². The van der Waals surface area contributed by atoms with Crippen LogP contribution < -0.4 is 15.2 Å². The maximum absolute atomic E-state index is 12.8. The Labute approximate surface area is 156 Å². The second-order valence-corrected chi connectivity index (χ2v) is 8.90. The van der Waals surface area contributed by atoms with Crippen LogP contribution in [0.25, 0.3) is 0 Å². The summed E-state index contributed by atoms with van der Waals surface area (Å²) in [5, 5.41) is 7.51. The number of nitrogens with one attached hydrogen (secondary N) is 2. The molecule has 0 aromatic heterocycles. The third-order valence-electron chi connectivity index (χ3n) is 3.46. The Balaban J connectivity index is 1.87. The fourth-order valence-electron chi connectivity index (χ4n) is 2.14. The van der Waals surface area contributed by atoms with Gasteiger partial charge in [0.05, 0.1) is 16.2 Å². The highest BCUT2D eigenvalue weighted by atomic mass is 32.2. The maximum atomic E-state index is 12.8. The number of amides is 1. The Morgan fingerprint density at radius 3 is 2.22 bits per heavy atom. The molecular weight excluding hydrogens is 397 g/mol. The first-order chi connectivity index (χ1) is 12.6. The zero-order valence-electron chi connectivity index (χ0n) is 14.1. The molecule has 0 aliphatic heterocycles. The van der Waals surface area contributed by atoms with Gasteiger partial charge in [0.1, 0.15) is 5.82 Å². The Morgan fingerprint density at radius 1 is 0.963 bits per heavy atom. The predicted molar refractivity (Wildman–Crippen MR) is 96.1 cm³/mol. The molecule has 0 atom stereocenters. The number of primary sulfonamides is 1. The monoisotopic (exact) mass is 415 g/mol. The molecule has 2 rings (SSSR count). The van der Waals surface area contributed by atoms with E-state index in [2.05, 4.69) is 10.0 Å². The van der Waals surface area contributed by atoms with E-state index in [1.165, 1.54) is 42.5 Å². The van der Waals surface area contributed by atoms with E-state index in [4.69, 9.17) is 5.14 Å². The fraction of sp³-hybridized carbons (Fsp3) is 0.188. The minimum absolute atomic E-state index is 0.0220. The van der Waals surface area contributed by atoms with E-state index in [1.807, 2.05) is 0 Å². The van der Waals surface area contributed by atoms with Crippen LogP contribution in [0.1, 0.15) is 5.56 Å². The van der Waals surface area contributed by atoms with Crippen LogP contribution >= 0.6 is 0 Å². The van der Waals surface area contributed by atoms with Crippen molar-refractivity contribution in [3.8, 4) is 0 Å². The molecule has 0 fully saturated rings. The number of halogens is 1. The molecule has 27 heavy (non-hydrogen) atoms. The molecule has 2 aromatic carbocycles. The number of carbonyl (C=O) groups is 1. The first kappa shape index (κ1) is 21.0. The van der Waals surface area contributed by atoms with Crippen LogP contribution in [-0.2, 0) is 31.3 Å². The van der Waals surface area contributed by atoms with Gasteiger partial charge in [-0.1, -0.05) is 18.2 Å². The van der Waals surface area contributed by atoms with Gasteiger partial charge in [0.15, 0.2) is 0 Å². The Hall–Kier alpha value is -2.34. The van der Waals surface area contributed by atoms with Gasteiger partial charge < -0.3 is 5.32 Å². The molecule has 11 heteroatoms. The third-order valence-corrected chi connectivity index (χ3v) is 5.83. The average molecular weight is 415 g/mol. The largest absolute Gasteiger partial charge is 0.355 e. The van der Waals surface area contributed by atoms with Gasteiger partial charge in [-0.3, -0.25) is 4.79 Å². The number of benzene rings is 2. The number of nitrogens with two attached hydrogens (primary N) is 1. The van der Waals surface area contributed by atoms with Crippen LogP contribution in [0.4, 0.5) is 4.39 Å². The van der Waals surface area contributed by atoms with Gasteiger partial charge in [0.2, 0.25) is 26.0 Å². The van der Waals surface area contributed by atoms with Crippen LogP contribution in [0.3, 0.4) is 0 Å². The summed E-state index contributed by atoms with van der Waals surface area (Å²) in [6.07, 6.45) is 0.0312. The second-order valence-electron chi connectivity index (χ2n) is 5.57. The molecule has 0 bridgehead atoms. The highest BCUT2D eigenvalue weighted by Gasteiger charge is 2.17. The molecule has 1 amide bonds. The molecule has 2 aromatic rings. The van der Waals surface area contributed by atoms with Crippen molar-refractivity contribution in [3.05, 3.63) is 59.9 Å². The van der Waals surface area contributed by atoms with Crippen molar-refractivity contribution in [2.45, 2.75) is 16.2 Å². The minimum atomic E-state index is -4.03. The van der Waals surface area contributed by atoms with Crippen molar-refractivity contribution < 1.29 is 26.0 Å². The van der Waals surface area contributed by atoms with Gasteiger partial charge in [-0.25, -0.2) is 31.1 Å². The van der Waals surface area contributed by atoms with Gasteiger partial charge in [-0.15, -0.1) is 0 Å². The Kier molecular flexibility index (Phi) is 6.65. The van der Waals surface area contributed by atoms with E-state index in [0.29, 0.717) is 5.56 Å². The van der Waals surface area contributed by atoms with Crippen LogP contribution in [0.15, 0.2) is 58.3 Å². The Bertz CT molecular complexity index is 1020. The lowest BCUT2D eigenvalue weighted by atomic mass is 10.1. The lowest BCUT2D eigenvalue weighted by Gasteiger charge is -2.09.